The van der Waals surface area contributed by atoms with Crippen molar-refractivity contribution in [2.24, 2.45) is 0 Å². The largest absolute Gasteiger partial charge is 0.495 e. The molecule has 3 aromatic rings. The van der Waals surface area contributed by atoms with E-state index in [0.717, 1.165) is 0 Å². The molecule has 1 amide bonds. The number of carboxylic acids is 1. The summed E-state index contributed by atoms with van der Waals surface area (Å²) in [5.74, 6) is -1.39. The molecule has 3 aromatic carbocycles. The minimum Gasteiger partial charge on any atom is -0.495 e. The third kappa shape index (κ3) is 4.50. The van der Waals surface area contributed by atoms with Crippen LogP contribution in [-0.2, 0) is 10.0 Å². The van der Waals surface area contributed by atoms with Crippen molar-refractivity contribution in [3.63, 3.8) is 0 Å². The third-order valence-electron chi connectivity index (χ3n) is 5.24. The summed E-state index contributed by atoms with van der Waals surface area (Å²) in [6.07, 6.45) is 0. The van der Waals surface area contributed by atoms with E-state index in [0.29, 0.717) is 23.6 Å². The number of rotatable bonds is 6. The summed E-state index contributed by atoms with van der Waals surface area (Å²) in [6, 6.07) is 14.7. The molecule has 34 heavy (non-hydrogen) atoms. The van der Waals surface area contributed by atoms with Crippen LogP contribution in [0.1, 0.15) is 20.7 Å². The van der Waals surface area contributed by atoms with Gasteiger partial charge >= 0.3 is 5.97 Å². The Morgan fingerprint density at radius 2 is 1.76 bits per heavy atom. The zero-order valence-electron chi connectivity index (χ0n) is 17.9. The zero-order valence-corrected chi connectivity index (χ0v) is 19.5. The lowest BCUT2D eigenvalue weighted by molar-refractivity contribution is 0.0696. The van der Waals surface area contributed by atoms with Crippen LogP contribution < -0.4 is 19.7 Å². The number of fused-ring (bicyclic) bond motifs is 1. The number of aromatic carboxylic acids is 1. The molecule has 1 aliphatic heterocycles. The van der Waals surface area contributed by atoms with E-state index in [1.165, 1.54) is 59.9 Å². The number of carbonyl (C=O) groups is 2. The van der Waals surface area contributed by atoms with Gasteiger partial charge in [0.25, 0.3) is 15.9 Å². The first-order valence-corrected chi connectivity index (χ1v) is 11.9. The predicted molar refractivity (Wildman–Crippen MR) is 129 cm³/mol. The van der Waals surface area contributed by atoms with E-state index >= 15 is 0 Å². The molecule has 0 radical (unpaired) electrons. The normalized spacial score (nSPS) is 12.9. The van der Waals surface area contributed by atoms with Gasteiger partial charge < -0.3 is 20.5 Å². The molecule has 11 heteroatoms. The first-order chi connectivity index (χ1) is 16.2. The quantitative estimate of drug-likeness (QED) is 0.467. The Hall–Kier alpha value is -3.76. The molecule has 0 saturated carbocycles. The van der Waals surface area contributed by atoms with Gasteiger partial charge in [0, 0.05) is 22.8 Å². The molecule has 0 saturated heterocycles. The first-order valence-electron chi connectivity index (χ1n) is 10.1. The van der Waals surface area contributed by atoms with E-state index in [4.69, 9.17) is 21.4 Å². The second-order valence-corrected chi connectivity index (χ2v) is 9.63. The van der Waals surface area contributed by atoms with E-state index in [1.807, 2.05) is 0 Å². The van der Waals surface area contributed by atoms with E-state index in [9.17, 15) is 18.0 Å². The van der Waals surface area contributed by atoms with Gasteiger partial charge in [0.05, 0.1) is 30.6 Å². The van der Waals surface area contributed by atoms with Crippen LogP contribution >= 0.6 is 11.6 Å². The van der Waals surface area contributed by atoms with Crippen molar-refractivity contribution in [2.45, 2.75) is 4.90 Å². The minimum atomic E-state index is -4.06. The number of amides is 1. The number of carbonyl (C=O) groups excluding carboxylic acids is 1. The number of methoxy groups -OCH3 is 1. The zero-order chi connectivity index (χ0) is 24.5. The lowest BCUT2D eigenvalue weighted by Crippen LogP contribution is -2.39. The van der Waals surface area contributed by atoms with Crippen molar-refractivity contribution in [3.05, 3.63) is 76.8 Å². The van der Waals surface area contributed by atoms with E-state index in [-0.39, 0.29) is 33.3 Å². The Morgan fingerprint density at radius 1 is 1.06 bits per heavy atom. The molecule has 1 heterocycles. The van der Waals surface area contributed by atoms with Crippen molar-refractivity contribution in [3.8, 4) is 5.75 Å². The fourth-order valence-corrected chi connectivity index (χ4v) is 5.46. The molecule has 1 aliphatic rings. The van der Waals surface area contributed by atoms with Crippen LogP contribution in [0, 0.1) is 0 Å². The minimum absolute atomic E-state index is 0.0799. The number of benzene rings is 3. The summed E-state index contributed by atoms with van der Waals surface area (Å²) in [7, 11) is -2.68. The number of hydrogen-bond acceptors (Lipinski definition) is 6. The van der Waals surface area contributed by atoms with Crippen LogP contribution in [0.15, 0.2) is 65.6 Å². The number of anilines is 3. The van der Waals surface area contributed by atoms with Gasteiger partial charge in [-0.2, -0.15) is 0 Å². The Bertz CT molecular complexity index is 1380. The van der Waals surface area contributed by atoms with Crippen LogP contribution in [0.3, 0.4) is 0 Å². The van der Waals surface area contributed by atoms with Gasteiger partial charge in [-0.25, -0.2) is 13.2 Å². The highest BCUT2D eigenvalue weighted by atomic mass is 35.5. The molecule has 176 valence electrons. The molecular formula is C23H20ClN3O6S. The number of nitrogens with one attached hydrogen (secondary N) is 2. The number of sulfonamides is 1. The molecule has 0 unspecified atom stereocenters. The van der Waals surface area contributed by atoms with Gasteiger partial charge in [-0.05, 0) is 60.7 Å². The monoisotopic (exact) mass is 501 g/mol. The number of nitrogens with zero attached hydrogens (tertiary/aromatic N) is 1. The summed E-state index contributed by atoms with van der Waals surface area (Å²) in [6.45, 7) is 0.503. The van der Waals surface area contributed by atoms with Crippen molar-refractivity contribution < 1.29 is 27.9 Å². The van der Waals surface area contributed by atoms with Gasteiger partial charge in [-0.1, -0.05) is 11.6 Å². The predicted octanol–water partition coefficient (Wildman–Crippen LogP) is 3.92. The van der Waals surface area contributed by atoms with E-state index in [2.05, 4.69) is 10.6 Å². The van der Waals surface area contributed by atoms with Crippen molar-refractivity contribution in [1.82, 2.24) is 0 Å². The fraction of sp³-hybridized carbons (Fsp3) is 0.130. The van der Waals surface area contributed by atoms with Gasteiger partial charge in [-0.3, -0.25) is 9.10 Å². The Kier molecular flexibility index (Phi) is 6.36. The second-order valence-electron chi connectivity index (χ2n) is 7.37. The van der Waals surface area contributed by atoms with Gasteiger partial charge in [-0.15, -0.1) is 0 Å². The van der Waals surface area contributed by atoms with Crippen molar-refractivity contribution in [1.29, 1.82) is 0 Å². The molecule has 9 nitrogen and oxygen atoms in total. The average molecular weight is 502 g/mol. The standard InChI is InChI=1S/C23H20ClN3O6S/c1-33-20-9-5-16(24)13-21(20)34(31,32)27-11-10-25-18-8-4-15(12-19(18)27)22(28)26-17-6-2-14(3-7-17)23(29)30/h2-9,12-13,25H,10-11H2,1H3,(H,26,28)(H,29,30). The first kappa shape index (κ1) is 23.4. The average Bonchev–Trinajstić information content (AvgIpc) is 2.83. The Labute approximate surface area is 201 Å². The van der Waals surface area contributed by atoms with E-state index in [1.54, 1.807) is 12.1 Å². The number of carboxylic acid groups (broad SMARTS) is 1. The second kappa shape index (κ2) is 9.24. The van der Waals surface area contributed by atoms with E-state index < -0.39 is 21.9 Å². The number of hydrogen-bond donors (Lipinski definition) is 3. The number of ether oxygens (including phenoxy) is 1. The lowest BCUT2D eigenvalue weighted by Gasteiger charge is -2.32. The number of halogens is 1. The molecule has 0 atom stereocenters. The molecular weight excluding hydrogens is 482 g/mol. The van der Waals surface area contributed by atoms with Crippen LogP contribution in [0.4, 0.5) is 17.1 Å². The topological polar surface area (TPSA) is 125 Å². The summed E-state index contributed by atoms with van der Waals surface area (Å²) in [5.41, 5.74) is 1.58. The lowest BCUT2D eigenvalue weighted by atomic mass is 10.1. The highest BCUT2D eigenvalue weighted by molar-refractivity contribution is 7.93. The highest BCUT2D eigenvalue weighted by Crippen LogP contribution is 2.37. The summed E-state index contributed by atoms with van der Waals surface area (Å²) in [4.78, 5) is 23.8. The Morgan fingerprint density at radius 3 is 2.44 bits per heavy atom. The summed E-state index contributed by atoms with van der Waals surface area (Å²) >= 11 is 6.05. The maximum Gasteiger partial charge on any atom is 0.335 e. The van der Waals surface area contributed by atoms with Crippen LogP contribution in [0.25, 0.3) is 0 Å². The molecule has 0 spiro atoms. The molecule has 0 aliphatic carbocycles. The molecule has 0 aromatic heterocycles. The molecule has 4 rings (SSSR count). The SMILES string of the molecule is COc1ccc(Cl)cc1S(=O)(=O)N1CCNc2ccc(C(=O)Nc3ccc(C(=O)O)cc3)cc21. The van der Waals surface area contributed by atoms with Gasteiger partial charge in [0.15, 0.2) is 0 Å². The fourth-order valence-electron chi connectivity index (χ4n) is 3.56. The third-order valence-corrected chi connectivity index (χ3v) is 7.31. The molecule has 0 fully saturated rings. The summed E-state index contributed by atoms with van der Waals surface area (Å²) in [5, 5.41) is 15.1. The van der Waals surface area contributed by atoms with Crippen LogP contribution in [-0.4, -0.2) is 45.6 Å². The molecule has 3 N–H and O–H groups in total. The van der Waals surface area contributed by atoms with Gasteiger partial charge in [0.2, 0.25) is 0 Å². The summed E-state index contributed by atoms with van der Waals surface area (Å²) < 4.78 is 33.6. The van der Waals surface area contributed by atoms with Crippen LogP contribution in [0.2, 0.25) is 5.02 Å². The maximum absolute atomic E-state index is 13.6. The van der Waals surface area contributed by atoms with Gasteiger partial charge in [0.1, 0.15) is 10.6 Å². The maximum atomic E-state index is 13.6. The van der Waals surface area contributed by atoms with Crippen molar-refractivity contribution in [2.75, 3.05) is 35.1 Å². The van der Waals surface area contributed by atoms with Crippen molar-refractivity contribution >= 4 is 50.6 Å². The highest BCUT2D eigenvalue weighted by Gasteiger charge is 2.32. The Balaban J connectivity index is 1.67. The van der Waals surface area contributed by atoms with Crippen LogP contribution in [0.5, 0.6) is 5.75 Å². The molecule has 0 bridgehead atoms. The smallest absolute Gasteiger partial charge is 0.335 e.